The summed E-state index contributed by atoms with van der Waals surface area (Å²) >= 11 is 0. The molecule has 100 valence electrons. The Morgan fingerprint density at radius 2 is 1.94 bits per heavy atom. The first kappa shape index (κ1) is 13.3. The van der Waals surface area contributed by atoms with E-state index in [9.17, 15) is 5.11 Å². The van der Waals surface area contributed by atoms with Crippen LogP contribution in [0.15, 0.2) is 18.3 Å². The number of aliphatic hydroxyl groups excluding tert-OH is 1. The van der Waals surface area contributed by atoms with Gasteiger partial charge in [0.25, 0.3) is 0 Å². The number of rotatable bonds is 4. The number of hydrogen-bond donors (Lipinski definition) is 1. The normalized spacial score (nSPS) is 25.4. The Morgan fingerprint density at radius 3 is 2.44 bits per heavy atom. The maximum atomic E-state index is 9.59. The Hall–Kier alpha value is -1.17. The fourth-order valence-electron chi connectivity index (χ4n) is 2.25. The van der Waals surface area contributed by atoms with E-state index in [1.807, 2.05) is 12.1 Å². The molecule has 18 heavy (non-hydrogen) atoms. The van der Waals surface area contributed by atoms with Crippen LogP contribution in [-0.4, -0.2) is 49.6 Å². The summed E-state index contributed by atoms with van der Waals surface area (Å²) in [5, 5.41) is 9.59. The van der Waals surface area contributed by atoms with Gasteiger partial charge in [-0.05, 0) is 24.6 Å². The van der Waals surface area contributed by atoms with Crippen LogP contribution < -0.4 is 4.90 Å². The van der Waals surface area contributed by atoms with Crippen LogP contribution in [0.1, 0.15) is 18.6 Å². The van der Waals surface area contributed by atoms with Gasteiger partial charge in [-0.1, -0.05) is 0 Å². The Bertz CT molecular complexity index is 386. The standard InChI is InChI=1S/C13H20N2O3/c1-9(16)10-4-5-14-13(6-10)15-7-11(17-2)12(8-15)18-3/h4-6,9,11-12,16H,7-8H2,1-3H3/t9-,11?,12?/m1/s1. The van der Waals surface area contributed by atoms with E-state index in [0.29, 0.717) is 0 Å². The highest BCUT2D eigenvalue weighted by atomic mass is 16.5. The lowest BCUT2D eigenvalue weighted by atomic mass is 10.2. The van der Waals surface area contributed by atoms with Gasteiger partial charge in [0.15, 0.2) is 0 Å². The average Bonchev–Trinajstić information content (AvgIpc) is 2.82. The molecule has 0 saturated carbocycles. The number of aliphatic hydroxyl groups is 1. The number of aromatic nitrogens is 1. The van der Waals surface area contributed by atoms with Gasteiger partial charge in [0.05, 0.1) is 6.10 Å². The fraction of sp³-hybridized carbons (Fsp3) is 0.615. The molecule has 0 bridgehead atoms. The zero-order valence-corrected chi connectivity index (χ0v) is 11.0. The maximum absolute atomic E-state index is 9.59. The van der Waals surface area contributed by atoms with Crippen LogP contribution in [0.25, 0.3) is 0 Å². The van der Waals surface area contributed by atoms with E-state index in [-0.39, 0.29) is 12.2 Å². The highest BCUT2D eigenvalue weighted by Crippen LogP contribution is 2.24. The molecule has 5 heteroatoms. The van der Waals surface area contributed by atoms with Crippen LogP contribution in [0.2, 0.25) is 0 Å². The summed E-state index contributed by atoms with van der Waals surface area (Å²) in [7, 11) is 3.39. The van der Waals surface area contributed by atoms with Crippen LogP contribution in [0, 0.1) is 0 Å². The molecule has 0 aromatic carbocycles. The minimum atomic E-state index is -0.481. The molecule has 3 atom stereocenters. The molecular formula is C13H20N2O3. The Kier molecular flexibility index (Phi) is 4.16. The molecule has 2 heterocycles. The van der Waals surface area contributed by atoms with Gasteiger partial charge in [-0.2, -0.15) is 0 Å². The molecule has 0 aliphatic carbocycles. The highest BCUT2D eigenvalue weighted by molar-refractivity contribution is 5.43. The van der Waals surface area contributed by atoms with E-state index < -0.39 is 6.10 Å². The predicted molar refractivity (Wildman–Crippen MR) is 68.7 cm³/mol. The number of pyridine rings is 1. The van der Waals surface area contributed by atoms with Gasteiger partial charge in [0, 0.05) is 33.5 Å². The van der Waals surface area contributed by atoms with E-state index in [1.54, 1.807) is 27.3 Å². The summed E-state index contributed by atoms with van der Waals surface area (Å²) in [6.45, 7) is 3.26. The van der Waals surface area contributed by atoms with E-state index in [2.05, 4.69) is 9.88 Å². The second-order valence-electron chi connectivity index (χ2n) is 4.58. The fourth-order valence-corrected chi connectivity index (χ4v) is 2.25. The van der Waals surface area contributed by atoms with E-state index in [0.717, 1.165) is 24.5 Å². The topological polar surface area (TPSA) is 54.8 Å². The largest absolute Gasteiger partial charge is 0.389 e. The van der Waals surface area contributed by atoms with Crippen LogP contribution in [0.5, 0.6) is 0 Å². The van der Waals surface area contributed by atoms with Crippen molar-refractivity contribution in [3.63, 3.8) is 0 Å². The minimum Gasteiger partial charge on any atom is -0.389 e. The van der Waals surface area contributed by atoms with Crippen LogP contribution in [-0.2, 0) is 9.47 Å². The Balaban J connectivity index is 2.15. The molecule has 1 N–H and O–H groups in total. The van der Waals surface area contributed by atoms with Gasteiger partial charge in [-0.25, -0.2) is 4.98 Å². The monoisotopic (exact) mass is 252 g/mol. The summed E-state index contributed by atoms with van der Waals surface area (Å²) in [4.78, 5) is 6.46. The quantitative estimate of drug-likeness (QED) is 0.866. The summed E-state index contributed by atoms with van der Waals surface area (Å²) in [5.41, 5.74) is 0.870. The van der Waals surface area contributed by atoms with Crippen molar-refractivity contribution in [3.05, 3.63) is 23.9 Å². The van der Waals surface area contributed by atoms with Gasteiger partial charge in [-0.3, -0.25) is 0 Å². The molecule has 1 aromatic rings. The van der Waals surface area contributed by atoms with Crippen LogP contribution in [0.3, 0.4) is 0 Å². The second-order valence-corrected chi connectivity index (χ2v) is 4.58. The zero-order chi connectivity index (χ0) is 13.1. The van der Waals surface area contributed by atoms with Crippen LogP contribution >= 0.6 is 0 Å². The third-order valence-electron chi connectivity index (χ3n) is 3.40. The maximum Gasteiger partial charge on any atom is 0.129 e. The molecule has 1 saturated heterocycles. The summed E-state index contributed by atoms with van der Waals surface area (Å²) in [5.74, 6) is 0.856. The first-order valence-corrected chi connectivity index (χ1v) is 6.10. The number of anilines is 1. The molecule has 1 fully saturated rings. The molecule has 1 aliphatic heterocycles. The lowest BCUT2D eigenvalue weighted by Gasteiger charge is -2.18. The molecule has 1 aromatic heterocycles. The smallest absolute Gasteiger partial charge is 0.129 e. The third-order valence-corrected chi connectivity index (χ3v) is 3.40. The van der Waals surface area contributed by atoms with Crippen molar-refractivity contribution in [2.45, 2.75) is 25.2 Å². The van der Waals surface area contributed by atoms with Gasteiger partial charge < -0.3 is 19.5 Å². The lowest BCUT2D eigenvalue weighted by molar-refractivity contribution is -0.00461. The summed E-state index contributed by atoms with van der Waals surface area (Å²) < 4.78 is 10.8. The second kappa shape index (κ2) is 5.65. The van der Waals surface area contributed by atoms with Gasteiger partial charge in [0.2, 0.25) is 0 Å². The summed E-state index contributed by atoms with van der Waals surface area (Å²) in [6, 6.07) is 3.74. The molecule has 0 radical (unpaired) electrons. The molecule has 1 aliphatic rings. The average molecular weight is 252 g/mol. The molecule has 5 nitrogen and oxygen atoms in total. The third kappa shape index (κ3) is 2.63. The Labute approximate surface area is 107 Å². The number of nitrogens with zero attached hydrogens (tertiary/aromatic N) is 2. The van der Waals surface area contributed by atoms with Crippen molar-refractivity contribution in [2.75, 3.05) is 32.2 Å². The van der Waals surface area contributed by atoms with Crippen molar-refractivity contribution >= 4 is 5.82 Å². The SMILES string of the molecule is COC1CN(c2cc([C@@H](C)O)ccn2)CC1OC. The lowest BCUT2D eigenvalue weighted by Crippen LogP contribution is -2.27. The van der Waals surface area contributed by atoms with Gasteiger partial charge in [-0.15, -0.1) is 0 Å². The first-order chi connectivity index (χ1) is 8.65. The molecule has 0 spiro atoms. The van der Waals surface area contributed by atoms with E-state index >= 15 is 0 Å². The van der Waals surface area contributed by atoms with E-state index in [1.165, 1.54) is 0 Å². The van der Waals surface area contributed by atoms with Crippen molar-refractivity contribution in [3.8, 4) is 0 Å². The van der Waals surface area contributed by atoms with Crippen molar-refractivity contribution in [2.24, 2.45) is 0 Å². The number of hydrogen-bond acceptors (Lipinski definition) is 5. The summed E-state index contributed by atoms with van der Waals surface area (Å²) in [6.07, 6.45) is 1.36. The number of ether oxygens (including phenoxy) is 2. The molecule has 2 unspecified atom stereocenters. The zero-order valence-electron chi connectivity index (χ0n) is 11.0. The van der Waals surface area contributed by atoms with Gasteiger partial charge in [0.1, 0.15) is 18.0 Å². The first-order valence-electron chi connectivity index (χ1n) is 6.10. The van der Waals surface area contributed by atoms with Crippen molar-refractivity contribution < 1.29 is 14.6 Å². The Morgan fingerprint density at radius 1 is 1.33 bits per heavy atom. The van der Waals surface area contributed by atoms with Crippen LogP contribution in [0.4, 0.5) is 5.82 Å². The van der Waals surface area contributed by atoms with Crippen molar-refractivity contribution in [1.82, 2.24) is 4.98 Å². The van der Waals surface area contributed by atoms with Gasteiger partial charge >= 0.3 is 0 Å². The molecule has 0 amide bonds. The predicted octanol–water partition coefficient (Wildman–Crippen LogP) is 0.985. The molecule has 2 rings (SSSR count). The highest BCUT2D eigenvalue weighted by Gasteiger charge is 2.33. The molecular weight excluding hydrogens is 232 g/mol. The van der Waals surface area contributed by atoms with E-state index in [4.69, 9.17) is 9.47 Å². The minimum absolute atomic E-state index is 0.0620. The number of methoxy groups -OCH3 is 2. The van der Waals surface area contributed by atoms with Crippen molar-refractivity contribution in [1.29, 1.82) is 0 Å².